The first-order valence-corrected chi connectivity index (χ1v) is 12.1. The van der Waals surface area contributed by atoms with Crippen molar-refractivity contribution >= 4 is 17.9 Å². The van der Waals surface area contributed by atoms with Crippen LogP contribution in [0.5, 0.6) is 5.88 Å². The Labute approximate surface area is 207 Å². The first-order chi connectivity index (χ1) is 16.2. The van der Waals surface area contributed by atoms with Gasteiger partial charge in [-0.3, -0.25) is 9.59 Å². The number of carbonyl (C=O) groups is 3. The average molecular weight is 491 g/mol. The molecule has 10 heteroatoms. The van der Waals surface area contributed by atoms with Gasteiger partial charge < -0.3 is 29.7 Å². The Morgan fingerprint density at radius 2 is 1.80 bits per heavy atom. The molecule has 3 amide bonds. The molecule has 0 saturated carbocycles. The van der Waals surface area contributed by atoms with Gasteiger partial charge in [-0.1, -0.05) is 13.8 Å². The Morgan fingerprint density at radius 3 is 2.34 bits per heavy atom. The number of hydrogen-bond acceptors (Lipinski definition) is 7. The number of rotatable bonds is 7. The molecule has 0 aliphatic carbocycles. The van der Waals surface area contributed by atoms with Gasteiger partial charge in [-0.2, -0.15) is 0 Å². The Hall–Kier alpha value is -2.88. The zero-order valence-corrected chi connectivity index (χ0v) is 21.7. The number of fused-ring (bicyclic) bond motifs is 2. The molecule has 3 fully saturated rings. The van der Waals surface area contributed by atoms with Gasteiger partial charge in [0.15, 0.2) is 0 Å². The number of piperidine rings is 1. The lowest BCUT2D eigenvalue weighted by atomic mass is 9.84. The minimum absolute atomic E-state index is 0.144. The molecule has 4 heterocycles. The minimum Gasteiger partial charge on any atom is -0.477 e. The van der Waals surface area contributed by atoms with Crippen LogP contribution < -0.4 is 10.1 Å². The first-order valence-electron chi connectivity index (χ1n) is 12.1. The second-order valence-corrected chi connectivity index (χ2v) is 11.3. The van der Waals surface area contributed by atoms with Crippen molar-refractivity contribution in [2.24, 2.45) is 5.92 Å². The normalized spacial score (nSPS) is 20.7. The number of hydrogen-bond donors (Lipinski definition) is 2. The van der Waals surface area contributed by atoms with E-state index in [2.05, 4.69) is 10.3 Å². The van der Waals surface area contributed by atoms with Crippen molar-refractivity contribution in [1.82, 2.24) is 20.1 Å². The fraction of sp³-hybridized carbons (Fsp3) is 0.680. The van der Waals surface area contributed by atoms with E-state index < -0.39 is 23.3 Å². The molecule has 1 aromatic rings. The number of ether oxygens (including phenoxy) is 2. The molecular formula is C25H38N4O6. The third-order valence-corrected chi connectivity index (χ3v) is 5.90. The number of aromatic nitrogens is 1. The second-order valence-electron chi connectivity index (χ2n) is 11.3. The third kappa shape index (κ3) is 6.62. The van der Waals surface area contributed by atoms with Gasteiger partial charge in [-0.05, 0) is 53.0 Å². The van der Waals surface area contributed by atoms with Crippen LogP contribution in [0.15, 0.2) is 18.3 Å². The van der Waals surface area contributed by atoms with E-state index in [1.807, 2.05) is 13.8 Å². The molecule has 2 bridgehead atoms. The highest BCUT2D eigenvalue weighted by atomic mass is 16.6. The summed E-state index contributed by atoms with van der Waals surface area (Å²) in [6.07, 6.45) is 1.55. The van der Waals surface area contributed by atoms with Crippen molar-refractivity contribution in [2.75, 3.05) is 19.7 Å². The Balaban J connectivity index is 1.66. The second kappa shape index (κ2) is 10.0. The minimum atomic E-state index is -1.50. The Morgan fingerprint density at radius 1 is 1.17 bits per heavy atom. The largest absolute Gasteiger partial charge is 0.477 e. The van der Waals surface area contributed by atoms with Crippen LogP contribution in [0.1, 0.15) is 65.2 Å². The molecule has 35 heavy (non-hydrogen) atoms. The summed E-state index contributed by atoms with van der Waals surface area (Å²) in [6.45, 7) is 13.4. The monoisotopic (exact) mass is 490 g/mol. The van der Waals surface area contributed by atoms with Crippen LogP contribution in [0, 0.1) is 5.92 Å². The molecule has 3 atom stereocenters. The first kappa shape index (κ1) is 26.7. The number of pyridine rings is 1. The van der Waals surface area contributed by atoms with Crippen molar-refractivity contribution in [2.45, 2.75) is 84.2 Å². The molecule has 2 N–H and O–H groups in total. The van der Waals surface area contributed by atoms with E-state index in [9.17, 15) is 19.5 Å². The molecule has 3 aliphatic heterocycles. The lowest BCUT2D eigenvalue weighted by Crippen LogP contribution is -2.74. The summed E-state index contributed by atoms with van der Waals surface area (Å²) in [5, 5.41) is 13.2. The van der Waals surface area contributed by atoms with Crippen LogP contribution >= 0.6 is 0 Å². The van der Waals surface area contributed by atoms with Crippen LogP contribution in [-0.2, 0) is 9.53 Å². The van der Waals surface area contributed by atoms with E-state index in [4.69, 9.17) is 9.47 Å². The van der Waals surface area contributed by atoms with Gasteiger partial charge in [0.2, 0.25) is 11.8 Å². The zero-order valence-electron chi connectivity index (χ0n) is 21.7. The predicted molar refractivity (Wildman–Crippen MR) is 129 cm³/mol. The Bertz CT molecular complexity index is 940. The molecule has 4 rings (SSSR count). The van der Waals surface area contributed by atoms with Gasteiger partial charge in [-0.15, -0.1) is 0 Å². The number of alkyl carbamates (subject to hydrolysis) is 1. The highest BCUT2D eigenvalue weighted by molar-refractivity contribution is 5.95. The lowest BCUT2D eigenvalue weighted by Gasteiger charge is -2.57. The topological polar surface area (TPSA) is 121 Å². The molecule has 2 unspecified atom stereocenters. The van der Waals surface area contributed by atoms with Crippen LogP contribution in [0.4, 0.5) is 4.79 Å². The summed E-state index contributed by atoms with van der Waals surface area (Å²) < 4.78 is 10.9. The fourth-order valence-corrected chi connectivity index (χ4v) is 4.31. The molecule has 3 aliphatic rings. The fourth-order valence-electron chi connectivity index (χ4n) is 4.31. The molecule has 194 valence electrons. The van der Waals surface area contributed by atoms with E-state index in [0.717, 1.165) is 6.42 Å². The van der Waals surface area contributed by atoms with E-state index in [-0.39, 0.29) is 23.9 Å². The van der Waals surface area contributed by atoms with E-state index >= 15 is 0 Å². The number of aliphatic hydroxyl groups is 1. The van der Waals surface area contributed by atoms with Crippen molar-refractivity contribution < 1.29 is 29.0 Å². The number of piperazine rings is 1. The zero-order chi connectivity index (χ0) is 26.1. The van der Waals surface area contributed by atoms with Crippen LogP contribution in [0.3, 0.4) is 0 Å². The summed E-state index contributed by atoms with van der Waals surface area (Å²) in [7, 11) is 0. The van der Waals surface area contributed by atoms with Crippen molar-refractivity contribution in [3.8, 4) is 5.88 Å². The highest BCUT2D eigenvalue weighted by Crippen LogP contribution is 2.34. The SMILES string of the molecule is CC(C)COc1cc(C(=O)N2CC3CC(C2)N3C(=O)[C@@H](NC(=O)OC(C)(C)C)C(C)(C)O)ccn1. The molecule has 0 spiro atoms. The molecular weight excluding hydrogens is 452 g/mol. The molecule has 1 aromatic heterocycles. The van der Waals surface area contributed by atoms with Crippen LogP contribution in [0.2, 0.25) is 0 Å². The summed E-state index contributed by atoms with van der Waals surface area (Å²) in [5.74, 6) is 0.218. The van der Waals surface area contributed by atoms with E-state index in [1.165, 1.54) is 13.8 Å². The lowest BCUT2D eigenvalue weighted by molar-refractivity contribution is -0.160. The van der Waals surface area contributed by atoms with Crippen molar-refractivity contribution in [3.05, 3.63) is 23.9 Å². The number of nitrogens with zero attached hydrogens (tertiary/aromatic N) is 3. The smallest absolute Gasteiger partial charge is 0.408 e. The van der Waals surface area contributed by atoms with E-state index in [0.29, 0.717) is 37.1 Å². The van der Waals surface area contributed by atoms with Crippen molar-refractivity contribution in [3.63, 3.8) is 0 Å². The average Bonchev–Trinajstić information content (AvgIpc) is 2.73. The summed E-state index contributed by atoms with van der Waals surface area (Å²) in [4.78, 5) is 46.4. The maximum atomic E-state index is 13.4. The predicted octanol–water partition coefficient (Wildman–Crippen LogP) is 2.21. The van der Waals surface area contributed by atoms with Gasteiger partial charge >= 0.3 is 6.09 Å². The van der Waals surface area contributed by atoms with Gasteiger partial charge in [0.05, 0.1) is 24.3 Å². The molecule has 0 radical (unpaired) electrons. The third-order valence-electron chi connectivity index (χ3n) is 5.90. The highest BCUT2D eigenvalue weighted by Gasteiger charge is 2.52. The van der Waals surface area contributed by atoms with Crippen molar-refractivity contribution in [1.29, 1.82) is 0 Å². The van der Waals surface area contributed by atoms with Gasteiger partial charge in [-0.25, -0.2) is 9.78 Å². The summed E-state index contributed by atoms with van der Waals surface area (Å²) in [6, 6.07) is 1.75. The molecule has 10 nitrogen and oxygen atoms in total. The van der Waals surface area contributed by atoms with Crippen LogP contribution in [-0.4, -0.2) is 86.8 Å². The standard InChI is InChI=1S/C25H38N4O6/c1-15(2)14-34-19-10-16(8-9-26-19)21(30)28-12-17-11-18(13-28)29(17)22(31)20(25(6,7)33)27-23(32)35-24(3,4)5/h8-10,15,17-18,20,33H,11-14H2,1-7H3,(H,27,32)/t17?,18?,20-/m1/s1. The molecule has 3 saturated heterocycles. The van der Waals surface area contributed by atoms with Crippen LogP contribution in [0.25, 0.3) is 0 Å². The van der Waals surface area contributed by atoms with Gasteiger partial charge in [0, 0.05) is 30.9 Å². The maximum Gasteiger partial charge on any atom is 0.408 e. The maximum absolute atomic E-state index is 13.4. The summed E-state index contributed by atoms with van der Waals surface area (Å²) >= 11 is 0. The summed E-state index contributed by atoms with van der Waals surface area (Å²) in [5.41, 5.74) is -1.76. The molecule has 0 aromatic carbocycles. The number of nitrogens with one attached hydrogen (secondary N) is 1. The van der Waals surface area contributed by atoms with Gasteiger partial charge in [0.1, 0.15) is 11.6 Å². The van der Waals surface area contributed by atoms with E-state index in [1.54, 1.807) is 48.9 Å². The quantitative estimate of drug-likeness (QED) is 0.601. The van der Waals surface area contributed by atoms with Gasteiger partial charge in [0.25, 0.3) is 5.91 Å². The number of amides is 3. The number of carbonyl (C=O) groups excluding carboxylic acids is 3. The Kier molecular flexibility index (Phi) is 7.64.